The Hall–Kier alpha value is -2.32. The van der Waals surface area contributed by atoms with Crippen LogP contribution in [0.3, 0.4) is 0 Å². The lowest BCUT2D eigenvalue weighted by molar-refractivity contribution is -0.115. The maximum absolute atomic E-state index is 13.4. The predicted octanol–water partition coefficient (Wildman–Crippen LogP) is 2.90. The van der Waals surface area contributed by atoms with Crippen LogP contribution < -0.4 is 4.80 Å². The van der Waals surface area contributed by atoms with Gasteiger partial charge in [-0.1, -0.05) is 41.7 Å². The molecule has 1 aromatic heterocycles. The van der Waals surface area contributed by atoms with Gasteiger partial charge in [0.05, 0.1) is 16.0 Å². The Balaban J connectivity index is 1.88. The minimum Gasteiger partial charge on any atom is -0.317 e. The number of sulfone groups is 1. The molecule has 0 saturated heterocycles. The van der Waals surface area contributed by atoms with Gasteiger partial charge < -0.3 is 4.57 Å². The molecule has 136 valence electrons. The lowest BCUT2D eigenvalue weighted by Gasteiger charge is -2.02. The van der Waals surface area contributed by atoms with E-state index in [2.05, 4.69) is 4.99 Å². The number of halogens is 1. The number of carbonyl (C=O) groups excluding carboxylic acids is 1. The summed E-state index contributed by atoms with van der Waals surface area (Å²) in [5, 5.41) is 0. The molecule has 0 fully saturated rings. The van der Waals surface area contributed by atoms with Crippen molar-refractivity contribution < 1.29 is 17.6 Å². The maximum atomic E-state index is 13.4. The van der Waals surface area contributed by atoms with Crippen molar-refractivity contribution in [1.29, 1.82) is 0 Å². The fraction of sp³-hybridized carbons (Fsp3) is 0.222. The number of amides is 1. The van der Waals surface area contributed by atoms with Crippen molar-refractivity contribution in [2.24, 2.45) is 4.99 Å². The van der Waals surface area contributed by atoms with E-state index in [0.717, 1.165) is 16.9 Å². The summed E-state index contributed by atoms with van der Waals surface area (Å²) in [5.74, 6) is -1.96. The number of rotatable bonds is 5. The first-order valence-corrected chi connectivity index (χ1v) is 10.6. The largest absolute Gasteiger partial charge is 0.317 e. The first-order valence-electron chi connectivity index (χ1n) is 7.99. The molecule has 0 unspecified atom stereocenters. The van der Waals surface area contributed by atoms with Gasteiger partial charge in [0.2, 0.25) is 0 Å². The fourth-order valence-corrected chi connectivity index (χ4v) is 5.02. The van der Waals surface area contributed by atoms with Crippen LogP contribution in [-0.4, -0.2) is 24.6 Å². The number of hydrogen-bond donors (Lipinski definition) is 0. The molecular weight excluding hydrogens is 375 g/mol. The molecule has 5 nitrogen and oxygen atoms in total. The van der Waals surface area contributed by atoms with Crippen molar-refractivity contribution in [3.8, 4) is 0 Å². The summed E-state index contributed by atoms with van der Waals surface area (Å²) < 4.78 is 40.3. The van der Waals surface area contributed by atoms with Gasteiger partial charge in [-0.2, -0.15) is 4.99 Å². The van der Waals surface area contributed by atoms with Crippen LogP contribution in [0.4, 0.5) is 4.39 Å². The van der Waals surface area contributed by atoms with Gasteiger partial charge in [0.1, 0.15) is 11.6 Å². The second kappa shape index (κ2) is 7.51. The highest BCUT2D eigenvalue weighted by atomic mass is 32.2. The minimum atomic E-state index is -3.62. The average molecular weight is 392 g/mol. The molecule has 3 rings (SSSR count). The van der Waals surface area contributed by atoms with Crippen molar-refractivity contribution in [2.75, 3.05) is 5.75 Å². The molecule has 2 aromatic carbocycles. The zero-order chi connectivity index (χ0) is 18.7. The highest BCUT2D eigenvalue weighted by Gasteiger charge is 2.17. The fourth-order valence-electron chi connectivity index (χ4n) is 2.64. The Labute approximate surface area is 154 Å². The molecule has 0 bridgehead atoms. The number of carbonyl (C=O) groups is 1. The summed E-state index contributed by atoms with van der Waals surface area (Å²) in [6.45, 7) is 2.42. The van der Waals surface area contributed by atoms with Crippen LogP contribution in [0.25, 0.3) is 10.2 Å². The number of hydrogen-bond acceptors (Lipinski definition) is 4. The number of fused-ring (bicyclic) bond motifs is 1. The summed E-state index contributed by atoms with van der Waals surface area (Å²) in [6.07, 6.45) is 0. The van der Waals surface area contributed by atoms with E-state index in [1.54, 1.807) is 41.0 Å². The Morgan fingerprint density at radius 3 is 2.62 bits per heavy atom. The molecule has 0 N–H and O–H groups in total. The second-order valence-corrected chi connectivity index (χ2v) is 8.84. The Morgan fingerprint density at radius 2 is 1.92 bits per heavy atom. The molecule has 26 heavy (non-hydrogen) atoms. The van der Waals surface area contributed by atoms with Crippen molar-refractivity contribution >= 4 is 37.3 Å². The van der Waals surface area contributed by atoms with Gasteiger partial charge in [0, 0.05) is 6.54 Å². The van der Waals surface area contributed by atoms with Gasteiger partial charge in [-0.15, -0.1) is 0 Å². The molecule has 3 aromatic rings. The standard InChI is InChI=1S/C18H17FN2O3S2/c1-2-21-15-9-8-14(19)10-16(15)25-18(21)20-17(22)12-26(23,24)11-13-6-4-3-5-7-13/h3-10H,2,11-12H2,1H3. The maximum Gasteiger partial charge on any atom is 0.263 e. The molecule has 0 aliphatic rings. The molecule has 1 heterocycles. The topological polar surface area (TPSA) is 68.5 Å². The van der Waals surface area contributed by atoms with Gasteiger partial charge in [-0.3, -0.25) is 4.79 Å². The Kier molecular flexibility index (Phi) is 5.33. The van der Waals surface area contributed by atoms with E-state index in [4.69, 9.17) is 0 Å². The highest BCUT2D eigenvalue weighted by Crippen LogP contribution is 2.18. The number of aryl methyl sites for hydroxylation is 1. The van der Waals surface area contributed by atoms with E-state index in [-0.39, 0.29) is 11.6 Å². The first kappa shape index (κ1) is 18.5. The van der Waals surface area contributed by atoms with Crippen LogP contribution in [0, 0.1) is 5.82 Å². The van der Waals surface area contributed by atoms with E-state index >= 15 is 0 Å². The quantitative estimate of drug-likeness (QED) is 0.670. The molecule has 0 spiro atoms. The van der Waals surface area contributed by atoms with Crippen molar-refractivity contribution in [2.45, 2.75) is 19.2 Å². The monoisotopic (exact) mass is 392 g/mol. The van der Waals surface area contributed by atoms with Crippen LogP contribution in [0.2, 0.25) is 0 Å². The number of aromatic nitrogens is 1. The van der Waals surface area contributed by atoms with Crippen molar-refractivity contribution in [3.05, 3.63) is 64.7 Å². The summed E-state index contributed by atoms with van der Waals surface area (Å²) in [6, 6.07) is 13.0. The molecule has 0 saturated carbocycles. The predicted molar refractivity (Wildman–Crippen MR) is 99.9 cm³/mol. The number of benzene rings is 2. The van der Waals surface area contributed by atoms with E-state index in [0.29, 0.717) is 21.6 Å². The SMILES string of the molecule is CCn1c(=NC(=O)CS(=O)(=O)Cc2ccccc2)sc2cc(F)ccc21. The van der Waals surface area contributed by atoms with E-state index in [9.17, 15) is 17.6 Å². The minimum absolute atomic E-state index is 0.208. The number of nitrogens with zero attached hydrogens (tertiary/aromatic N) is 2. The van der Waals surface area contributed by atoms with Gasteiger partial charge in [-0.05, 0) is 30.7 Å². The number of thiazole rings is 1. The Morgan fingerprint density at radius 1 is 1.19 bits per heavy atom. The van der Waals surface area contributed by atoms with Gasteiger partial charge in [0.25, 0.3) is 5.91 Å². The average Bonchev–Trinajstić information content (AvgIpc) is 2.90. The zero-order valence-electron chi connectivity index (χ0n) is 14.1. The van der Waals surface area contributed by atoms with Crippen LogP contribution in [-0.2, 0) is 26.9 Å². The summed E-state index contributed by atoms with van der Waals surface area (Å²) in [4.78, 5) is 16.5. The third-order valence-corrected chi connectivity index (χ3v) is 6.26. The zero-order valence-corrected chi connectivity index (χ0v) is 15.7. The third kappa shape index (κ3) is 4.25. The van der Waals surface area contributed by atoms with Gasteiger partial charge in [-0.25, -0.2) is 12.8 Å². The van der Waals surface area contributed by atoms with Crippen molar-refractivity contribution in [1.82, 2.24) is 4.57 Å². The molecule has 8 heteroatoms. The Bertz CT molecular complexity index is 1120. The molecule has 0 aliphatic carbocycles. The highest BCUT2D eigenvalue weighted by molar-refractivity contribution is 7.91. The second-order valence-electron chi connectivity index (χ2n) is 5.76. The normalized spacial score (nSPS) is 12.6. The van der Waals surface area contributed by atoms with Crippen molar-refractivity contribution in [3.63, 3.8) is 0 Å². The lowest BCUT2D eigenvalue weighted by atomic mass is 10.2. The van der Waals surface area contributed by atoms with Crippen LogP contribution in [0.5, 0.6) is 0 Å². The van der Waals surface area contributed by atoms with E-state index in [1.807, 2.05) is 6.92 Å². The van der Waals surface area contributed by atoms with Crippen LogP contribution in [0.15, 0.2) is 53.5 Å². The lowest BCUT2D eigenvalue weighted by Crippen LogP contribution is -2.21. The van der Waals surface area contributed by atoms with Gasteiger partial charge >= 0.3 is 0 Å². The molecular formula is C18H17FN2O3S2. The molecule has 0 aliphatic heterocycles. The first-order chi connectivity index (χ1) is 12.4. The molecule has 0 atom stereocenters. The summed E-state index contributed by atoms with van der Waals surface area (Å²) >= 11 is 1.16. The third-order valence-electron chi connectivity index (χ3n) is 3.75. The molecule has 0 radical (unpaired) electrons. The summed E-state index contributed by atoms with van der Waals surface area (Å²) in [5.41, 5.74) is 1.39. The van der Waals surface area contributed by atoms with Crippen LogP contribution in [0.1, 0.15) is 12.5 Å². The summed E-state index contributed by atoms with van der Waals surface area (Å²) in [7, 11) is -3.62. The molecule has 1 amide bonds. The van der Waals surface area contributed by atoms with E-state index in [1.165, 1.54) is 12.1 Å². The van der Waals surface area contributed by atoms with Crippen LogP contribution >= 0.6 is 11.3 Å². The van der Waals surface area contributed by atoms with Gasteiger partial charge in [0.15, 0.2) is 14.6 Å². The smallest absolute Gasteiger partial charge is 0.263 e. The van der Waals surface area contributed by atoms with E-state index < -0.39 is 21.5 Å².